The van der Waals surface area contributed by atoms with E-state index in [0.29, 0.717) is 24.2 Å². The van der Waals surface area contributed by atoms with Crippen LogP contribution in [-0.2, 0) is 0 Å². The fraction of sp³-hybridized carbons (Fsp3) is 0.417. The number of aryl methyl sites for hydroxylation is 1. The van der Waals surface area contributed by atoms with Gasteiger partial charge < -0.3 is 16.2 Å². The molecule has 0 aliphatic rings. The second-order valence-corrected chi connectivity index (χ2v) is 3.96. The lowest BCUT2D eigenvalue weighted by Crippen LogP contribution is -2.26. The first-order valence-electron chi connectivity index (χ1n) is 5.33. The number of nitrogens with one attached hydrogen (secondary N) is 1. The molecule has 0 bridgehead atoms. The molecular formula is C12H18N2O2. The summed E-state index contributed by atoms with van der Waals surface area (Å²) in [4.78, 5) is 11.6. The predicted octanol–water partition coefficient (Wildman–Crippen LogP) is 1.08. The summed E-state index contributed by atoms with van der Waals surface area (Å²) in [6.07, 6.45) is 0.149. The summed E-state index contributed by atoms with van der Waals surface area (Å²) in [5, 5.41) is 11.8. The largest absolute Gasteiger partial charge is 0.398 e. The maximum atomic E-state index is 11.6. The van der Waals surface area contributed by atoms with Crippen molar-refractivity contribution < 1.29 is 9.90 Å². The van der Waals surface area contributed by atoms with Crippen molar-refractivity contribution in [2.45, 2.75) is 26.4 Å². The first kappa shape index (κ1) is 12.5. The molecule has 0 aliphatic carbocycles. The summed E-state index contributed by atoms with van der Waals surface area (Å²) >= 11 is 0. The summed E-state index contributed by atoms with van der Waals surface area (Å²) in [6.45, 7) is 4.05. The number of carbonyl (C=O) groups is 1. The van der Waals surface area contributed by atoms with Crippen molar-refractivity contribution in [2.75, 3.05) is 12.3 Å². The van der Waals surface area contributed by atoms with Gasteiger partial charge in [0.05, 0.1) is 6.10 Å². The molecule has 0 radical (unpaired) electrons. The van der Waals surface area contributed by atoms with Crippen LogP contribution in [0.3, 0.4) is 0 Å². The van der Waals surface area contributed by atoms with Crippen LogP contribution in [-0.4, -0.2) is 23.7 Å². The summed E-state index contributed by atoms with van der Waals surface area (Å²) < 4.78 is 0. The molecule has 0 saturated carbocycles. The Hall–Kier alpha value is -1.55. The zero-order chi connectivity index (χ0) is 12.1. The molecule has 0 saturated heterocycles. The van der Waals surface area contributed by atoms with Gasteiger partial charge in [-0.1, -0.05) is 6.07 Å². The van der Waals surface area contributed by atoms with Crippen LogP contribution in [0.2, 0.25) is 0 Å². The summed E-state index contributed by atoms with van der Waals surface area (Å²) in [6, 6.07) is 5.22. The van der Waals surface area contributed by atoms with Crippen molar-refractivity contribution in [3.63, 3.8) is 0 Å². The lowest BCUT2D eigenvalue weighted by molar-refractivity contribution is 0.0945. The molecule has 4 N–H and O–H groups in total. The zero-order valence-corrected chi connectivity index (χ0v) is 9.66. The number of benzene rings is 1. The Labute approximate surface area is 95.5 Å². The highest BCUT2D eigenvalue weighted by Crippen LogP contribution is 2.12. The molecule has 0 spiro atoms. The van der Waals surface area contributed by atoms with Gasteiger partial charge in [-0.05, 0) is 38.0 Å². The molecule has 1 rings (SSSR count). The highest BCUT2D eigenvalue weighted by Gasteiger charge is 2.06. The van der Waals surface area contributed by atoms with E-state index in [4.69, 9.17) is 10.8 Å². The van der Waals surface area contributed by atoms with Gasteiger partial charge in [0.1, 0.15) is 0 Å². The fourth-order valence-electron chi connectivity index (χ4n) is 1.28. The number of hydrogen-bond donors (Lipinski definition) is 3. The fourth-order valence-corrected chi connectivity index (χ4v) is 1.28. The van der Waals surface area contributed by atoms with Crippen molar-refractivity contribution in [3.8, 4) is 0 Å². The number of nitrogens with two attached hydrogens (primary N) is 1. The van der Waals surface area contributed by atoms with Crippen LogP contribution < -0.4 is 11.1 Å². The third-order valence-electron chi connectivity index (χ3n) is 2.39. The normalized spacial score (nSPS) is 12.2. The van der Waals surface area contributed by atoms with Gasteiger partial charge in [0, 0.05) is 17.8 Å². The van der Waals surface area contributed by atoms with Gasteiger partial charge in [-0.25, -0.2) is 0 Å². The van der Waals surface area contributed by atoms with E-state index in [9.17, 15) is 4.79 Å². The van der Waals surface area contributed by atoms with Crippen LogP contribution in [0.15, 0.2) is 18.2 Å². The van der Waals surface area contributed by atoms with Gasteiger partial charge >= 0.3 is 0 Å². The van der Waals surface area contributed by atoms with Crippen LogP contribution in [0.1, 0.15) is 29.3 Å². The molecule has 88 valence electrons. The highest BCUT2D eigenvalue weighted by atomic mass is 16.3. The van der Waals surface area contributed by atoms with Crippen molar-refractivity contribution in [1.82, 2.24) is 5.32 Å². The molecule has 1 amide bonds. The average molecular weight is 222 g/mol. The van der Waals surface area contributed by atoms with Crippen molar-refractivity contribution in [3.05, 3.63) is 29.3 Å². The van der Waals surface area contributed by atoms with Crippen LogP contribution >= 0.6 is 0 Å². The number of hydrogen-bond acceptors (Lipinski definition) is 3. The molecule has 1 unspecified atom stereocenters. The van der Waals surface area contributed by atoms with E-state index in [1.54, 1.807) is 19.1 Å². The number of aliphatic hydroxyl groups excluding tert-OH is 1. The Kier molecular flexibility index (Phi) is 4.31. The van der Waals surface area contributed by atoms with Gasteiger partial charge in [-0.2, -0.15) is 0 Å². The maximum Gasteiger partial charge on any atom is 0.251 e. The number of carbonyl (C=O) groups excluding carboxylic acids is 1. The minimum absolute atomic E-state index is 0.160. The SMILES string of the molecule is Cc1ccc(C(=O)NCCC(C)O)cc1N. The number of anilines is 1. The molecule has 4 heteroatoms. The van der Waals surface area contributed by atoms with E-state index in [2.05, 4.69) is 5.32 Å². The Balaban J connectivity index is 2.56. The van der Waals surface area contributed by atoms with Crippen LogP contribution in [0.5, 0.6) is 0 Å². The van der Waals surface area contributed by atoms with Crippen LogP contribution in [0.4, 0.5) is 5.69 Å². The molecular weight excluding hydrogens is 204 g/mol. The molecule has 1 aromatic carbocycles. The first-order valence-corrected chi connectivity index (χ1v) is 5.33. The minimum Gasteiger partial charge on any atom is -0.398 e. The molecule has 0 fully saturated rings. The lowest BCUT2D eigenvalue weighted by atomic mass is 10.1. The van der Waals surface area contributed by atoms with Crippen LogP contribution in [0, 0.1) is 6.92 Å². The van der Waals surface area contributed by atoms with E-state index < -0.39 is 6.10 Å². The van der Waals surface area contributed by atoms with E-state index in [0.717, 1.165) is 5.56 Å². The third kappa shape index (κ3) is 3.55. The number of aliphatic hydroxyl groups is 1. The standard InChI is InChI=1S/C12H18N2O2/c1-8-3-4-10(7-11(8)13)12(16)14-6-5-9(2)15/h3-4,7,9,15H,5-6,13H2,1-2H3,(H,14,16). The van der Waals surface area contributed by atoms with Crippen LogP contribution in [0.25, 0.3) is 0 Å². The van der Waals surface area contributed by atoms with Gasteiger partial charge in [0.25, 0.3) is 5.91 Å². The Morgan fingerprint density at radius 2 is 2.25 bits per heavy atom. The number of rotatable bonds is 4. The summed E-state index contributed by atoms with van der Waals surface area (Å²) in [5.74, 6) is -0.160. The number of nitrogen functional groups attached to an aromatic ring is 1. The highest BCUT2D eigenvalue weighted by molar-refractivity contribution is 5.95. The zero-order valence-electron chi connectivity index (χ0n) is 9.66. The molecule has 1 aromatic rings. The Morgan fingerprint density at radius 1 is 1.56 bits per heavy atom. The van der Waals surface area contributed by atoms with Gasteiger partial charge in [0.15, 0.2) is 0 Å². The summed E-state index contributed by atoms with van der Waals surface area (Å²) in [5.41, 5.74) is 7.84. The predicted molar refractivity (Wildman–Crippen MR) is 64.2 cm³/mol. The van der Waals surface area contributed by atoms with Crippen molar-refractivity contribution in [1.29, 1.82) is 0 Å². The molecule has 1 atom stereocenters. The third-order valence-corrected chi connectivity index (χ3v) is 2.39. The van der Waals surface area contributed by atoms with Gasteiger partial charge in [-0.15, -0.1) is 0 Å². The molecule has 0 aliphatic heterocycles. The lowest BCUT2D eigenvalue weighted by Gasteiger charge is -2.08. The van der Waals surface area contributed by atoms with Gasteiger partial charge in [0.2, 0.25) is 0 Å². The second kappa shape index (κ2) is 5.51. The minimum atomic E-state index is -0.400. The first-order chi connectivity index (χ1) is 7.50. The van der Waals surface area contributed by atoms with Crippen molar-refractivity contribution >= 4 is 11.6 Å². The topological polar surface area (TPSA) is 75.3 Å². The smallest absolute Gasteiger partial charge is 0.251 e. The Morgan fingerprint density at radius 3 is 2.81 bits per heavy atom. The van der Waals surface area contributed by atoms with E-state index in [1.807, 2.05) is 13.0 Å². The van der Waals surface area contributed by atoms with Gasteiger partial charge in [-0.3, -0.25) is 4.79 Å². The average Bonchev–Trinajstić information content (AvgIpc) is 2.21. The van der Waals surface area contributed by atoms with E-state index in [1.165, 1.54) is 0 Å². The Bertz CT molecular complexity index is 375. The quantitative estimate of drug-likeness (QED) is 0.667. The molecule has 0 heterocycles. The van der Waals surface area contributed by atoms with E-state index in [-0.39, 0.29) is 5.91 Å². The summed E-state index contributed by atoms with van der Waals surface area (Å²) in [7, 11) is 0. The monoisotopic (exact) mass is 222 g/mol. The molecule has 0 aromatic heterocycles. The molecule has 4 nitrogen and oxygen atoms in total. The molecule has 16 heavy (non-hydrogen) atoms. The second-order valence-electron chi connectivity index (χ2n) is 3.96. The number of amides is 1. The maximum absolute atomic E-state index is 11.6. The van der Waals surface area contributed by atoms with Crippen molar-refractivity contribution in [2.24, 2.45) is 0 Å². The van der Waals surface area contributed by atoms with E-state index >= 15 is 0 Å².